The summed E-state index contributed by atoms with van der Waals surface area (Å²) < 4.78 is 4.43. The number of ether oxygens (including phenoxy) is 1. The Morgan fingerprint density at radius 1 is 1.75 bits per heavy atom. The summed E-state index contributed by atoms with van der Waals surface area (Å²) in [5.74, 6) is -0.359. The number of aliphatic hydroxyl groups is 2. The van der Waals surface area contributed by atoms with Gasteiger partial charge in [-0.25, -0.2) is 4.79 Å². The fourth-order valence-corrected chi connectivity index (χ4v) is 0.201. The van der Waals surface area contributed by atoms with Crippen LogP contribution in [-0.2, 0) is 9.53 Å². The Labute approximate surface area is 72.5 Å². The highest BCUT2D eigenvalue weighted by molar-refractivity contribution is 5.81. The highest BCUT2D eigenvalue weighted by Crippen LogP contribution is 1.74. The van der Waals surface area contributed by atoms with E-state index in [4.69, 9.17) is 10.2 Å². The molecule has 0 aliphatic heterocycles. The topological polar surface area (TPSA) is 66.8 Å². The lowest BCUT2D eigenvalue weighted by Crippen LogP contribution is -2.03. The SMILES string of the molecule is C=CC(=O)OCC.CC(O)CO. The molecule has 0 amide bonds. The van der Waals surface area contributed by atoms with Gasteiger partial charge in [0.25, 0.3) is 0 Å². The molecule has 1 unspecified atom stereocenters. The van der Waals surface area contributed by atoms with Crippen molar-refractivity contribution < 1.29 is 19.7 Å². The molecule has 0 aromatic rings. The minimum absolute atomic E-state index is 0.139. The van der Waals surface area contributed by atoms with E-state index in [-0.39, 0.29) is 12.6 Å². The van der Waals surface area contributed by atoms with Crippen LogP contribution < -0.4 is 0 Å². The summed E-state index contributed by atoms with van der Waals surface area (Å²) in [4.78, 5) is 10.1. The normalized spacial score (nSPS) is 10.7. The standard InChI is InChI=1S/C5H8O2.C3H8O2/c1-3-5(6)7-4-2;1-3(5)2-4/h3H,1,4H2,2H3;3-5H,2H2,1H3. The maximum Gasteiger partial charge on any atom is 0.330 e. The molecule has 0 aromatic heterocycles. The van der Waals surface area contributed by atoms with Crippen LogP contribution in [0, 0.1) is 0 Å². The first-order chi connectivity index (χ1) is 5.58. The van der Waals surface area contributed by atoms with Crippen molar-refractivity contribution in [2.75, 3.05) is 13.2 Å². The van der Waals surface area contributed by atoms with Crippen molar-refractivity contribution in [3.63, 3.8) is 0 Å². The fourth-order valence-electron chi connectivity index (χ4n) is 0.201. The molecule has 0 aromatic carbocycles. The van der Waals surface area contributed by atoms with Gasteiger partial charge in [0.15, 0.2) is 0 Å². The molecule has 0 radical (unpaired) electrons. The highest BCUT2D eigenvalue weighted by Gasteiger charge is 1.86. The second-order valence-electron chi connectivity index (χ2n) is 1.99. The monoisotopic (exact) mass is 176 g/mol. The zero-order valence-corrected chi connectivity index (χ0v) is 7.49. The predicted octanol–water partition coefficient (Wildman–Crippen LogP) is 0.0950. The summed E-state index contributed by atoms with van der Waals surface area (Å²) in [5.41, 5.74) is 0. The molecule has 4 heteroatoms. The largest absolute Gasteiger partial charge is 0.463 e. The van der Waals surface area contributed by atoms with Crippen LogP contribution in [0.1, 0.15) is 13.8 Å². The molecule has 72 valence electrons. The van der Waals surface area contributed by atoms with Gasteiger partial charge in [-0.1, -0.05) is 6.58 Å². The van der Waals surface area contributed by atoms with Gasteiger partial charge in [0.2, 0.25) is 0 Å². The Kier molecular flexibility index (Phi) is 11.6. The molecule has 0 saturated carbocycles. The number of hydrogen-bond donors (Lipinski definition) is 2. The molecule has 0 heterocycles. The van der Waals surface area contributed by atoms with E-state index in [0.29, 0.717) is 6.61 Å². The van der Waals surface area contributed by atoms with Crippen molar-refractivity contribution in [1.29, 1.82) is 0 Å². The number of rotatable bonds is 3. The minimum atomic E-state index is -0.560. The molecule has 1 atom stereocenters. The first-order valence-electron chi connectivity index (χ1n) is 3.66. The number of esters is 1. The van der Waals surface area contributed by atoms with Gasteiger partial charge in [0.1, 0.15) is 0 Å². The van der Waals surface area contributed by atoms with Crippen molar-refractivity contribution in [3.05, 3.63) is 12.7 Å². The number of hydrogen-bond acceptors (Lipinski definition) is 4. The molecule has 12 heavy (non-hydrogen) atoms. The van der Waals surface area contributed by atoms with Gasteiger partial charge < -0.3 is 14.9 Å². The molecule has 2 N–H and O–H groups in total. The quantitative estimate of drug-likeness (QED) is 0.472. The van der Waals surface area contributed by atoms with Crippen LogP contribution in [0.4, 0.5) is 0 Å². The third-order valence-corrected chi connectivity index (χ3v) is 0.717. The number of carbonyl (C=O) groups excluding carboxylic acids is 1. The first-order valence-corrected chi connectivity index (χ1v) is 3.66. The van der Waals surface area contributed by atoms with Gasteiger partial charge >= 0.3 is 5.97 Å². The summed E-state index contributed by atoms with van der Waals surface area (Å²) in [7, 11) is 0. The lowest BCUT2D eigenvalue weighted by atomic mass is 10.5. The van der Waals surface area contributed by atoms with Crippen LogP contribution in [0.2, 0.25) is 0 Å². The minimum Gasteiger partial charge on any atom is -0.463 e. The van der Waals surface area contributed by atoms with Gasteiger partial charge in [0, 0.05) is 6.08 Å². The Hall–Kier alpha value is -0.870. The molecule has 0 fully saturated rings. The van der Waals surface area contributed by atoms with Crippen LogP contribution in [0.5, 0.6) is 0 Å². The van der Waals surface area contributed by atoms with E-state index in [9.17, 15) is 4.79 Å². The molecule has 4 nitrogen and oxygen atoms in total. The Bertz CT molecular complexity index is 120. The van der Waals surface area contributed by atoms with Crippen molar-refractivity contribution in [1.82, 2.24) is 0 Å². The van der Waals surface area contributed by atoms with Crippen LogP contribution in [0.25, 0.3) is 0 Å². The van der Waals surface area contributed by atoms with E-state index >= 15 is 0 Å². The van der Waals surface area contributed by atoms with E-state index in [1.54, 1.807) is 6.92 Å². The average molecular weight is 176 g/mol. The predicted molar refractivity (Wildman–Crippen MR) is 45.6 cm³/mol. The molecule has 0 bridgehead atoms. The summed E-state index contributed by atoms with van der Waals surface area (Å²) in [6.07, 6.45) is 0.582. The highest BCUT2D eigenvalue weighted by atomic mass is 16.5. The van der Waals surface area contributed by atoms with E-state index in [1.165, 1.54) is 6.92 Å². The average Bonchev–Trinajstić information content (AvgIpc) is 2.06. The van der Waals surface area contributed by atoms with Gasteiger partial charge in [-0.3, -0.25) is 0 Å². The number of carbonyl (C=O) groups is 1. The van der Waals surface area contributed by atoms with Gasteiger partial charge in [-0.05, 0) is 13.8 Å². The third kappa shape index (κ3) is 16.1. The fraction of sp³-hybridized carbons (Fsp3) is 0.625. The van der Waals surface area contributed by atoms with E-state index < -0.39 is 6.10 Å². The van der Waals surface area contributed by atoms with Crippen LogP contribution in [-0.4, -0.2) is 35.5 Å². The molecule has 0 spiro atoms. The first kappa shape index (κ1) is 13.7. The zero-order valence-electron chi connectivity index (χ0n) is 7.49. The van der Waals surface area contributed by atoms with Crippen LogP contribution in [0.3, 0.4) is 0 Å². The van der Waals surface area contributed by atoms with E-state index in [1.807, 2.05) is 0 Å². The number of aliphatic hydroxyl groups excluding tert-OH is 2. The van der Waals surface area contributed by atoms with Crippen molar-refractivity contribution >= 4 is 5.97 Å². The van der Waals surface area contributed by atoms with E-state index in [0.717, 1.165) is 6.08 Å². The van der Waals surface area contributed by atoms with Crippen LogP contribution in [0.15, 0.2) is 12.7 Å². The summed E-state index contributed by atoms with van der Waals surface area (Å²) in [5, 5.41) is 16.0. The summed E-state index contributed by atoms with van der Waals surface area (Å²) >= 11 is 0. The Morgan fingerprint density at radius 2 is 2.17 bits per heavy atom. The van der Waals surface area contributed by atoms with Gasteiger partial charge in [-0.15, -0.1) is 0 Å². The second kappa shape index (κ2) is 10.1. The third-order valence-electron chi connectivity index (χ3n) is 0.717. The lowest BCUT2D eigenvalue weighted by molar-refractivity contribution is -0.137. The molecular formula is C8H16O4. The molecule has 0 aliphatic rings. The van der Waals surface area contributed by atoms with Crippen molar-refractivity contribution in [2.24, 2.45) is 0 Å². The lowest BCUT2D eigenvalue weighted by Gasteiger charge is -1.90. The summed E-state index contributed by atoms with van der Waals surface area (Å²) in [6.45, 7) is 6.77. The van der Waals surface area contributed by atoms with Gasteiger partial charge in [0.05, 0.1) is 19.3 Å². The molecule has 0 saturated heterocycles. The Balaban J connectivity index is 0. The smallest absolute Gasteiger partial charge is 0.330 e. The van der Waals surface area contributed by atoms with Gasteiger partial charge in [-0.2, -0.15) is 0 Å². The second-order valence-corrected chi connectivity index (χ2v) is 1.99. The maximum atomic E-state index is 10.1. The van der Waals surface area contributed by atoms with Crippen molar-refractivity contribution in [2.45, 2.75) is 20.0 Å². The Morgan fingerprint density at radius 3 is 2.25 bits per heavy atom. The molecular weight excluding hydrogens is 160 g/mol. The van der Waals surface area contributed by atoms with Crippen molar-refractivity contribution in [3.8, 4) is 0 Å². The van der Waals surface area contributed by atoms with Crippen LogP contribution >= 0.6 is 0 Å². The van der Waals surface area contributed by atoms with E-state index in [2.05, 4.69) is 11.3 Å². The zero-order chi connectivity index (χ0) is 9.98. The molecule has 0 rings (SSSR count). The summed E-state index contributed by atoms with van der Waals surface area (Å²) in [6, 6.07) is 0. The molecule has 0 aliphatic carbocycles. The maximum absolute atomic E-state index is 10.1.